The Labute approximate surface area is 97.8 Å². The molecule has 0 bridgehead atoms. The normalized spacial score (nSPS) is 13.1. The maximum atomic E-state index is 5.86. The molecule has 0 aromatic heterocycles. The topological polar surface area (TPSA) is 12.0 Å². The maximum absolute atomic E-state index is 5.86. The van der Waals surface area contributed by atoms with E-state index >= 15 is 0 Å². The first-order chi connectivity index (χ1) is 7.17. The van der Waals surface area contributed by atoms with Gasteiger partial charge in [0.1, 0.15) is 0 Å². The quantitative estimate of drug-likeness (QED) is 0.793. The maximum Gasteiger partial charge on any atom is 0.0406 e. The van der Waals surface area contributed by atoms with Gasteiger partial charge in [0.2, 0.25) is 0 Å². The van der Waals surface area contributed by atoms with Gasteiger partial charge in [-0.25, -0.2) is 0 Å². The number of halogens is 1. The van der Waals surface area contributed by atoms with Crippen LogP contribution in [0, 0.1) is 0 Å². The molecule has 0 unspecified atom stereocenters. The molecule has 0 amide bonds. The predicted octanol–water partition coefficient (Wildman–Crippen LogP) is 4.18. The van der Waals surface area contributed by atoms with E-state index in [0.29, 0.717) is 12.1 Å². The highest BCUT2D eigenvalue weighted by molar-refractivity contribution is 6.30. The summed E-state index contributed by atoms with van der Waals surface area (Å²) in [4.78, 5) is 0. The third-order valence-electron chi connectivity index (χ3n) is 2.84. The highest BCUT2D eigenvalue weighted by atomic mass is 35.5. The zero-order valence-electron chi connectivity index (χ0n) is 9.76. The minimum Gasteiger partial charge on any atom is -0.307 e. The smallest absolute Gasteiger partial charge is 0.0406 e. The molecule has 0 radical (unpaired) electrons. The second-order valence-electron chi connectivity index (χ2n) is 3.95. The van der Waals surface area contributed by atoms with Gasteiger partial charge in [-0.05, 0) is 37.5 Å². The molecule has 0 fully saturated rings. The largest absolute Gasteiger partial charge is 0.307 e. The van der Waals surface area contributed by atoms with Crippen molar-refractivity contribution in [3.8, 4) is 0 Å². The minimum atomic E-state index is 0.396. The summed E-state index contributed by atoms with van der Waals surface area (Å²) in [6.45, 7) is 6.63. The van der Waals surface area contributed by atoms with Crippen molar-refractivity contribution in [2.45, 2.75) is 45.7 Å². The van der Waals surface area contributed by atoms with Gasteiger partial charge in [0, 0.05) is 17.1 Å². The summed E-state index contributed by atoms with van der Waals surface area (Å²) in [5.74, 6) is 0. The van der Waals surface area contributed by atoms with Gasteiger partial charge in [-0.3, -0.25) is 0 Å². The molecule has 1 nitrogen and oxygen atoms in total. The summed E-state index contributed by atoms with van der Waals surface area (Å²) in [5, 5.41) is 4.41. The number of rotatable bonds is 5. The molecule has 1 rings (SSSR count). The molecule has 0 aliphatic rings. The molecule has 0 spiro atoms. The van der Waals surface area contributed by atoms with Crippen molar-refractivity contribution in [2.75, 3.05) is 0 Å². The fourth-order valence-electron chi connectivity index (χ4n) is 1.73. The highest BCUT2D eigenvalue weighted by Crippen LogP contribution is 2.17. The average Bonchev–Trinajstić information content (AvgIpc) is 2.26. The van der Waals surface area contributed by atoms with Crippen LogP contribution in [0.25, 0.3) is 0 Å². The van der Waals surface area contributed by atoms with Crippen LogP contribution in [0.2, 0.25) is 5.02 Å². The van der Waals surface area contributed by atoms with Gasteiger partial charge in [-0.2, -0.15) is 0 Å². The van der Waals surface area contributed by atoms with Crippen molar-refractivity contribution < 1.29 is 0 Å². The van der Waals surface area contributed by atoms with Gasteiger partial charge >= 0.3 is 0 Å². The first-order valence-corrected chi connectivity index (χ1v) is 6.06. The molecule has 1 aromatic rings. The number of hydrogen-bond acceptors (Lipinski definition) is 1. The van der Waals surface area contributed by atoms with Crippen LogP contribution in [0.1, 0.15) is 45.2 Å². The van der Waals surface area contributed by atoms with Crippen LogP contribution in [0.15, 0.2) is 24.3 Å². The second-order valence-corrected chi connectivity index (χ2v) is 4.39. The Hall–Kier alpha value is -0.530. The Balaban J connectivity index is 2.60. The van der Waals surface area contributed by atoms with Crippen LogP contribution in [-0.2, 0) is 0 Å². The van der Waals surface area contributed by atoms with E-state index in [1.807, 2.05) is 12.1 Å². The van der Waals surface area contributed by atoms with E-state index < -0.39 is 0 Å². The Bertz CT molecular complexity index is 277. The summed E-state index contributed by atoms with van der Waals surface area (Å²) < 4.78 is 0. The molecule has 0 heterocycles. The summed E-state index contributed by atoms with van der Waals surface area (Å²) in [6, 6.07) is 9.07. The van der Waals surface area contributed by atoms with Crippen molar-refractivity contribution >= 4 is 11.6 Å². The van der Waals surface area contributed by atoms with Crippen LogP contribution in [0.3, 0.4) is 0 Å². The van der Waals surface area contributed by atoms with Gasteiger partial charge < -0.3 is 5.32 Å². The van der Waals surface area contributed by atoms with Gasteiger partial charge in [0.15, 0.2) is 0 Å². The van der Waals surface area contributed by atoms with E-state index in [-0.39, 0.29) is 0 Å². The lowest BCUT2D eigenvalue weighted by molar-refractivity contribution is 0.432. The van der Waals surface area contributed by atoms with E-state index in [1.54, 1.807) is 0 Å². The zero-order chi connectivity index (χ0) is 11.3. The summed E-state index contributed by atoms with van der Waals surface area (Å²) in [5.41, 5.74) is 1.30. The van der Waals surface area contributed by atoms with Crippen molar-refractivity contribution in [3.63, 3.8) is 0 Å². The number of benzene rings is 1. The second kappa shape index (κ2) is 6.14. The third kappa shape index (κ3) is 3.84. The van der Waals surface area contributed by atoms with Crippen LogP contribution < -0.4 is 5.32 Å². The average molecular weight is 226 g/mol. The van der Waals surface area contributed by atoms with Crippen LogP contribution in [0.4, 0.5) is 0 Å². The van der Waals surface area contributed by atoms with Crippen molar-refractivity contribution in [2.24, 2.45) is 0 Å². The lowest BCUT2D eigenvalue weighted by Gasteiger charge is -2.21. The summed E-state index contributed by atoms with van der Waals surface area (Å²) in [7, 11) is 0. The number of hydrogen-bond donors (Lipinski definition) is 1. The van der Waals surface area contributed by atoms with E-state index in [4.69, 9.17) is 11.6 Å². The molecule has 84 valence electrons. The minimum absolute atomic E-state index is 0.396. The molecule has 15 heavy (non-hydrogen) atoms. The lowest BCUT2D eigenvalue weighted by Crippen LogP contribution is -2.30. The molecular formula is C13H20ClN. The molecule has 0 saturated heterocycles. The molecular weight excluding hydrogens is 206 g/mol. The Kier molecular flexibility index (Phi) is 5.13. The highest BCUT2D eigenvalue weighted by Gasteiger charge is 2.09. The third-order valence-corrected chi connectivity index (χ3v) is 3.09. The molecule has 0 saturated carbocycles. The molecule has 0 aliphatic carbocycles. The lowest BCUT2D eigenvalue weighted by atomic mass is 10.1. The molecule has 2 heteroatoms. The summed E-state index contributed by atoms with van der Waals surface area (Å²) >= 11 is 5.86. The number of nitrogens with one attached hydrogen (secondary N) is 1. The van der Waals surface area contributed by atoms with Gasteiger partial charge in [-0.15, -0.1) is 0 Å². The Morgan fingerprint density at radius 1 is 1.13 bits per heavy atom. The van der Waals surface area contributed by atoms with Crippen molar-refractivity contribution in [1.29, 1.82) is 0 Å². The van der Waals surface area contributed by atoms with Gasteiger partial charge in [0.25, 0.3) is 0 Å². The first kappa shape index (κ1) is 12.5. The monoisotopic (exact) mass is 225 g/mol. The molecule has 0 aliphatic heterocycles. The van der Waals surface area contributed by atoms with Crippen molar-refractivity contribution in [1.82, 2.24) is 5.32 Å². The van der Waals surface area contributed by atoms with Crippen LogP contribution in [-0.4, -0.2) is 6.04 Å². The molecule has 1 atom stereocenters. The zero-order valence-corrected chi connectivity index (χ0v) is 10.5. The van der Waals surface area contributed by atoms with E-state index in [0.717, 1.165) is 5.02 Å². The van der Waals surface area contributed by atoms with Crippen molar-refractivity contribution in [3.05, 3.63) is 34.9 Å². The van der Waals surface area contributed by atoms with E-state index in [1.165, 1.54) is 18.4 Å². The summed E-state index contributed by atoms with van der Waals surface area (Å²) in [6.07, 6.45) is 2.35. The predicted molar refractivity (Wildman–Crippen MR) is 67.4 cm³/mol. The van der Waals surface area contributed by atoms with E-state index in [2.05, 4.69) is 38.2 Å². The van der Waals surface area contributed by atoms with Gasteiger partial charge in [-0.1, -0.05) is 37.6 Å². The first-order valence-electron chi connectivity index (χ1n) is 5.68. The molecule has 1 aromatic carbocycles. The van der Waals surface area contributed by atoms with E-state index in [9.17, 15) is 0 Å². The fraction of sp³-hybridized carbons (Fsp3) is 0.538. The van der Waals surface area contributed by atoms with Crippen LogP contribution in [0.5, 0.6) is 0 Å². The SMILES string of the molecule is CCC(CC)N[C@@H](C)c1ccc(Cl)cc1. The Morgan fingerprint density at radius 3 is 2.13 bits per heavy atom. The fourth-order valence-corrected chi connectivity index (χ4v) is 1.85. The standard InChI is InChI=1S/C13H20ClN/c1-4-13(5-2)15-10(3)11-6-8-12(14)9-7-11/h6-10,13,15H,4-5H2,1-3H3/t10-/m0/s1. The van der Waals surface area contributed by atoms with Gasteiger partial charge in [0.05, 0.1) is 0 Å². The molecule has 1 N–H and O–H groups in total. The van der Waals surface area contributed by atoms with Crippen LogP contribution >= 0.6 is 11.6 Å². The Morgan fingerprint density at radius 2 is 1.67 bits per heavy atom.